The molecular weight excluding hydrogens is 338 g/mol. The van der Waals surface area contributed by atoms with Crippen molar-refractivity contribution >= 4 is 29.3 Å². The van der Waals surface area contributed by atoms with Gasteiger partial charge in [0.25, 0.3) is 5.91 Å². The fourth-order valence-electron chi connectivity index (χ4n) is 2.84. The Morgan fingerprint density at radius 1 is 1.32 bits per heavy atom. The molecular formula is C19H14ClN3O2. The molecule has 0 saturated heterocycles. The van der Waals surface area contributed by atoms with Gasteiger partial charge in [0.15, 0.2) is 11.5 Å². The normalized spacial score (nSPS) is 12.2. The molecule has 2 heterocycles. The van der Waals surface area contributed by atoms with Crippen molar-refractivity contribution in [3.8, 4) is 11.3 Å². The fourth-order valence-corrected chi connectivity index (χ4v) is 2.99. The highest BCUT2D eigenvalue weighted by atomic mass is 35.5. The molecule has 0 saturated carbocycles. The van der Waals surface area contributed by atoms with E-state index in [4.69, 9.17) is 16.1 Å². The van der Waals surface area contributed by atoms with E-state index in [0.29, 0.717) is 22.2 Å². The van der Waals surface area contributed by atoms with Crippen LogP contribution < -0.4 is 5.32 Å². The summed E-state index contributed by atoms with van der Waals surface area (Å²) in [6.07, 6.45) is 6.61. The van der Waals surface area contributed by atoms with Gasteiger partial charge in [-0.1, -0.05) is 47.1 Å². The number of anilines is 1. The van der Waals surface area contributed by atoms with Crippen LogP contribution in [0.15, 0.2) is 47.1 Å². The van der Waals surface area contributed by atoms with E-state index in [2.05, 4.69) is 33.7 Å². The molecule has 2 aromatic heterocycles. The van der Waals surface area contributed by atoms with Gasteiger partial charge in [0.2, 0.25) is 0 Å². The molecule has 0 unspecified atom stereocenters. The summed E-state index contributed by atoms with van der Waals surface area (Å²) in [7, 11) is 0. The molecule has 5 nitrogen and oxygen atoms in total. The Morgan fingerprint density at radius 2 is 2.20 bits per heavy atom. The summed E-state index contributed by atoms with van der Waals surface area (Å²) >= 11 is 5.93. The SMILES string of the molecule is Cc1ncc(Cl)cc1NC(=O)c1cc(-c2cccc3c2C=CC3)on1. The number of aromatic nitrogens is 2. The van der Waals surface area contributed by atoms with Crippen LogP contribution in [0.3, 0.4) is 0 Å². The number of halogens is 1. The zero-order valence-electron chi connectivity index (χ0n) is 13.4. The molecule has 1 amide bonds. The average molecular weight is 352 g/mol. The minimum Gasteiger partial charge on any atom is -0.355 e. The number of carbonyl (C=O) groups is 1. The van der Waals surface area contributed by atoms with Crippen LogP contribution in [0, 0.1) is 6.92 Å². The molecule has 1 aromatic carbocycles. The summed E-state index contributed by atoms with van der Waals surface area (Å²) in [4.78, 5) is 16.6. The van der Waals surface area contributed by atoms with Crippen molar-refractivity contribution in [2.45, 2.75) is 13.3 Å². The molecule has 124 valence electrons. The molecule has 0 spiro atoms. The Morgan fingerprint density at radius 3 is 3.08 bits per heavy atom. The maximum absolute atomic E-state index is 12.4. The van der Waals surface area contributed by atoms with E-state index in [-0.39, 0.29) is 11.6 Å². The summed E-state index contributed by atoms with van der Waals surface area (Å²) in [5, 5.41) is 7.12. The van der Waals surface area contributed by atoms with Gasteiger partial charge in [-0.15, -0.1) is 0 Å². The molecule has 0 atom stereocenters. The number of hydrogen-bond acceptors (Lipinski definition) is 4. The maximum atomic E-state index is 12.4. The zero-order valence-corrected chi connectivity index (χ0v) is 14.2. The maximum Gasteiger partial charge on any atom is 0.277 e. The van der Waals surface area contributed by atoms with Gasteiger partial charge >= 0.3 is 0 Å². The van der Waals surface area contributed by atoms with Gasteiger partial charge in [-0.25, -0.2) is 0 Å². The Balaban J connectivity index is 1.61. The van der Waals surface area contributed by atoms with Crippen LogP contribution in [0.1, 0.15) is 27.3 Å². The van der Waals surface area contributed by atoms with E-state index in [1.807, 2.05) is 12.1 Å². The average Bonchev–Trinajstić information content (AvgIpc) is 3.26. The molecule has 3 aromatic rings. The topological polar surface area (TPSA) is 68.0 Å². The van der Waals surface area contributed by atoms with Gasteiger partial charge in [0.05, 0.1) is 16.4 Å². The minimum atomic E-state index is -0.370. The van der Waals surface area contributed by atoms with Crippen LogP contribution >= 0.6 is 11.6 Å². The predicted molar refractivity (Wildman–Crippen MR) is 96.6 cm³/mol. The minimum absolute atomic E-state index is 0.203. The fraction of sp³-hybridized carbons (Fsp3) is 0.105. The standard InChI is InChI=1S/C19H14ClN3O2/c1-11-16(8-13(20)10-21-11)22-19(24)17-9-18(25-23-17)15-7-3-5-12-4-2-6-14(12)15/h2-3,5-10H,4H2,1H3,(H,22,24). The van der Waals surface area contributed by atoms with Gasteiger partial charge in [-0.2, -0.15) is 0 Å². The van der Waals surface area contributed by atoms with Gasteiger partial charge < -0.3 is 9.84 Å². The van der Waals surface area contributed by atoms with E-state index in [9.17, 15) is 4.79 Å². The lowest BCUT2D eigenvalue weighted by Gasteiger charge is -2.06. The highest BCUT2D eigenvalue weighted by Crippen LogP contribution is 2.31. The van der Waals surface area contributed by atoms with E-state index >= 15 is 0 Å². The predicted octanol–water partition coefficient (Wildman–Crippen LogP) is 4.52. The number of nitrogens with one attached hydrogen (secondary N) is 1. The molecule has 0 radical (unpaired) electrons. The van der Waals surface area contributed by atoms with Crippen LogP contribution in [0.2, 0.25) is 5.02 Å². The second kappa shape index (κ2) is 6.18. The lowest BCUT2D eigenvalue weighted by molar-refractivity contribution is 0.101. The van der Waals surface area contributed by atoms with Crippen LogP contribution in [0.4, 0.5) is 5.69 Å². The van der Waals surface area contributed by atoms with Gasteiger partial charge in [-0.3, -0.25) is 9.78 Å². The van der Waals surface area contributed by atoms with Gasteiger partial charge in [0.1, 0.15) is 0 Å². The monoisotopic (exact) mass is 351 g/mol. The van der Waals surface area contributed by atoms with Crippen molar-refractivity contribution in [3.63, 3.8) is 0 Å². The number of allylic oxidation sites excluding steroid dienone is 1. The third-order valence-corrected chi connectivity index (χ3v) is 4.34. The van der Waals surface area contributed by atoms with E-state index in [1.165, 1.54) is 11.8 Å². The first-order valence-corrected chi connectivity index (χ1v) is 8.18. The summed E-state index contributed by atoms with van der Waals surface area (Å²) < 4.78 is 5.40. The van der Waals surface area contributed by atoms with Gasteiger partial charge in [0, 0.05) is 17.8 Å². The molecule has 25 heavy (non-hydrogen) atoms. The first-order chi connectivity index (χ1) is 12.1. The third-order valence-electron chi connectivity index (χ3n) is 4.13. The quantitative estimate of drug-likeness (QED) is 0.753. The van der Waals surface area contributed by atoms with Crippen molar-refractivity contribution in [3.05, 3.63) is 70.1 Å². The van der Waals surface area contributed by atoms with E-state index in [1.54, 1.807) is 19.1 Å². The number of hydrogen-bond donors (Lipinski definition) is 1. The Hall–Kier alpha value is -2.92. The second-order valence-corrected chi connectivity index (χ2v) is 6.24. The second-order valence-electron chi connectivity index (χ2n) is 5.80. The number of aryl methyl sites for hydroxylation is 1. The van der Waals surface area contributed by atoms with Crippen LogP contribution in [0.25, 0.3) is 17.4 Å². The van der Waals surface area contributed by atoms with Crippen molar-refractivity contribution in [1.82, 2.24) is 10.1 Å². The van der Waals surface area contributed by atoms with Crippen LogP contribution in [0.5, 0.6) is 0 Å². The Bertz CT molecular complexity index is 1010. The number of nitrogens with zero attached hydrogens (tertiary/aromatic N) is 2. The third kappa shape index (κ3) is 2.94. The highest BCUT2D eigenvalue weighted by molar-refractivity contribution is 6.30. The number of pyridine rings is 1. The molecule has 4 rings (SSSR count). The number of benzene rings is 1. The molecule has 0 bridgehead atoms. The van der Waals surface area contributed by atoms with Crippen molar-refractivity contribution in [2.24, 2.45) is 0 Å². The van der Waals surface area contributed by atoms with Crippen molar-refractivity contribution in [1.29, 1.82) is 0 Å². The van der Waals surface area contributed by atoms with Crippen molar-refractivity contribution < 1.29 is 9.32 Å². The zero-order chi connectivity index (χ0) is 17.4. The molecule has 1 aliphatic carbocycles. The Kier molecular flexibility index (Phi) is 3.86. The lowest BCUT2D eigenvalue weighted by atomic mass is 10.0. The van der Waals surface area contributed by atoms with Crippen LogP contribution in [-0.4, -0.2) is 16.0 Å². The number of fused-ring (bicyclic) bond motifs is 1. The first-order valence-electron chi connectivity index (χ1n) is 7.81. The summed E-state index contributed by atoms with van der Waals surface area (Å²) in [6.45, 7) is 1.79. The molecule has 1 N–H and O–H groups in total. The van der Waals surface area contributed by atoms with Crippen LogP contribution in [-0.2, 0) is 6.42 Å². The number of carbonyl (C=O) groups excluding carboxylic acids is 1. The molecule has 6 heteroatoms. The largest absolute Gasteiger partial charge is 0.355 e. The van der Waals surface area contributed by atoms with Crippen molar-refractivity contribution in [2.75, 3.05) is 5.32 Å². The van der Waals surface area contributed by atoms with Gasteiger partial charge in [-0.05, 0) is 30.5 Å². The Labute approximate surface area is 149 Å². The summed E-state index contributed by atoms with van der Waals surface area (Å²) in [6, 6.07) is 9.31. The van der Waals surface area contributed by atoms with E-state index < -0.39 is 0 Å². The smallest absolute Gasteiger partial charge is 0.277 e. The lowest BCUT2D eigenvalue weighted by Crippen LogP contribution is -2.13. The number of amides is 1. The summed E-state index contributed by atoms with van der Waals surface area (Å²) in [5.74, 6) is 0.194. The highest BCUT2D eigenvalue weighted by Gasteiger charge is 2.18. The first kappa shape index (κ1) is 15.6. The molecule has 1 aliphatic rings. The van der Waals surface area contributed by atoms with E-state index in [0.717, 1.165) is 17.5 Å². The summed E-state index contributed by atoms with van der Waals surface area (Å²) in [5.41, 5.74) is 4.70. The molecule has 0 fully saturated rings. The number of rotatable bonds is 3. The molecule has 0 aliphatic heterocycles.